The van der Waals surface area contributed by atoms with E-state index in [0.29, 0.717) is 6.04 Å². The molecular formula is C14H22BrN3O. The maximum Gasteiger partial charge on any atom is 0.270 e. The van der Waals surface area contributed by atoms with E-state index in [1.54, 1.807) is 0 Å². The van der Waals surface area contributed by atoms with Gasteiger partial charge in [0.15, 0.2) is 0 Å². The first kappa shape index (κ1) is 14.6. The SMILES string of the molecule is CCCN(C(=O)c1cc(Br)cn1C)C1CCNCC1. The van der Waals surface area contributed by atoms with E-state index >= 15 is 0 Å². The molecule has 2 rings (SSSR count). The molecule has 1 saturated heterocycles. The minimum Gasteiger partial charge on any atom is -0.345 e. The summed E-state index contributed by atoms with van der Waals surface area (Å²) in [4.78, 5) is 14.8. The molecule has 1 aromatic rings. The van der Waals surface area contributed by atoms with Crippen molar-refractivity contribution in [1.29, 1.82) is 0 Å². The molecule has 0 aromatic carbocycles. The number of hydrogen-bond acceptors (Lipinski definition) is 2. The highest BCUT2D eigenvalue weighted by Crippen LogP contribution is 2.19. The van der Waals surface area contributed by atoms with Crippen LogP contribution in [0.1, 0.15) is 36.7 Å². The number of halogens is 1. The van der Waals surface area contributed by atoms with Crippen molar-refractivity contribution in [2.75, 3.05) is 19.6 Å². The van der Waals surface area contributed by atoms with Crippen molar-refractivity contribution in [3.8, 4) is 0 Å². The van der Waals surface area contributed by atoms with Gasteiger partial charge in [0, 0.05) is 30.3 Å². The van der Waals surface area contributed by atoms with Gasteiger partial charge in [-0.2, -0.15) is 0 Å². The van der Waals surface area contributed by atoms with Gasteiger partial charge in [0.25, 0.3) is 5.91 Å². The molecule has 1 N–H and O–H groups in total. The molecule has 19 heavy (non-hydrogen) atoms. The smallest absolute Gasteiger partial charge is 0.270 e. The Morgan fingerprint density at radius 1 is 1.53 bits per heavy atom. The number of nitrogens with one attached hydrogen (secondary N) is 1. The zero-order valence-electron chi connectivity index (χ0n) is 11.7. The number of rotatable bonds is 4. The molecule has 1 aliphatic heterocycles. The summed E-state index contributed by atoms with van der Waals surface area (Å²) in [6.45, 7) is 4.98. The summed E-state index contributed by atoms with van der Waals surface area (Å²) < 4.78 is 2.86. The van der Waals surface area contributed by atoms with Gasteiger partial charge in [-0.3, -0.25) is 4.79 Å². The third-order valence-electron chi connectivity index (χ3n) is 3.67. The van der Waals surface area contributed by atoms with Crippen molar-refractivity contribution in [3.05, 3.63) is 22.4 Å². The number of aromatic nitrogens is 1. The van der Waals surface area contributed by atoms with Gasteiger partial charge in [0.1, 0.15) is 5.69 Å². The highest BCUT2D eigenvalue weighted by Gasteiger charge is 2.26. The normalized spacial score (nSPS) is 16.6. The van der Waals surface area contributed by atoms with Crippen molar-refractivity contribution < 1.29 is 4.79 Å². The van der Waals surface area contributed by atoms with Gasteiger partial charge in [0.05, 0.1) is 0 Å². The first-order chi connectivity index (χ1) is 9.13. The van der Waals surface area contributed by atoms with Crippen LogP contribution >= 0.6 is 15.9 Å². The first-order valence-electron chi connectivity index (χ1n) is 6.97. The van der Waals surface area contributed by atoms with Crippen molar-refractivity contribution >= 4 is 21.8 Å². The molecule has 0 radical (unpaired) electrons. The van der Waals surface area contributed by atoms with Crippen LogP contribution in [-0.4, -0.2) is 41.1 Å². The maximum atomic E-state index is 12.7. The number of aryl methyl sites for hydroxylation is 1. The molecule has 1 aliphatic rings. The van der Waals surface area contributed by atoms with Crippen LogP contribution in [-0.2, 0) is 7.05 Å². The Morgan fingerprint density at radius 3 is 2.74 bits per heavy atom. The second kappa shape index (κ2) is 6.57. The van der Waals surface area contributed by atoms with Crippen LogP contribution in [0.25, 0.3) is 0 Å². The van der Waals surface area contributed by atoms with E-state index in [1.807, 2.05) is 23.9 Å². The number of carbonyl (C=O) groups excluding carboxylic acids is 1. The second-order valence-corrected chi connectivity index (χ2v) is 6.05. The molecule has 1 fully saturated rings. The summed E-state index contributed by atoms with van der Waals surface area (Å²) in [5.41, 5.74) is 0.763. The number of carbonyl (C=O) groups is 1. The van der Waals surface area contributed by atoms with E-state index < -0.39 is 0 Å². The molecule has 5 heteroatoms. The number of amides is 1. The van der Waals surface area contributed by atoms with Crippen LogP contribution in [0.5, 0.6) is 0 Å². The topological polar surface area (TPSA) is 37.3 Å². The quantitative estimate of drug-likeness (QED) is 0.921. The van der Waals surface area contributed by atoms with E-state index in [4.69, 9.17) is 0 Å². The number of piperidine rings is 1. The van der Waals surface area contributed by atoms with E-state index in [2.05, 4.69) is 33.1 Å². The number of hydrogen-bond donors (Lipinski definition) is 1. The van der Waals surface area contributed by atoms with Crippen molar-refractivity contribution in [2.45, 2.75) is 32.2 Å². The molecule has 2 heterocycles. The second-order valence-electron chi connectivity index (χ2n) is 5.13. The van der Waals surface area contributed by atoms with E-state index in [-0.39, 0.29) is 5.91 Å². The maximum absolute atomic E-state index is 12.7. The largest absolute Gasteiger partial charge is 0.345 e. The Balaban J connectivity index is 2.17. The molecule has 1 amide bonds. The van der Waals surface area contributed by atoms with Gasteiger partial charge in [-0.25, -0.2) is 0 Å². The van der Waals surface area contributed by atoms with Gasteiger partial charge in [-0.05, 0) is 54.3 Å². The standard InChI is InChI=1S/C14H22BrN3O/c1-3-8-18(12-4-6-16-7-5-12)14(19)13-9-11(15)10-17(13)2/h9-10,12,16H,3-8H2,1-2H3. The Hall–Kier alpha value is -0.810. The molecule has 0 bridgehead atoms. The third kappa shape index (κ3) is 3.39. The van der Waals surface area contributed by atoms with Crippen LogP contribution in [0.15, 0.2) is 16.7 Å². The van der Waals surface area contributed by atoms with Gasteiger partial charge < -0.3 is 14.8 Å². The number of nitrogens with zero attached hydrogens (tertiary/aromatic N) is 2. The molecule has 1 aromatic heterocycles. The molecule has 4 nitrogen and oxygen atoms in total. The molecule has 0 atom stereocenters. The lowest BCUT2D eigenvalue weighted by atomic mass is 10.0. The summed E-state index contributed by atoms with van der Waals surface area (Å²) in [6, 6.07) is 2.29. The van der Waals surface area contributed by atoms with Crippen molar-refractivity contribution in [3.63, 3.8) is 0 Å². The van der Waals surface area contributed by atoms with E-state index in [1.165, 1.54) is 0 Å². The van der Waals surface area contributed by atoms with E-state index in [9.17, 15) is 4.79 Å². The lowest BCUT2D eigenvalue weighted by molar-refractivity contribution is 0.0633. The van der Waals surface area contributed by atoms with Crippen molar-refractivity contribution in [2.24, 2.45) is 7.05 Å². The average Bonchev–Trinajstić information content (AvgIpc) is 2.75. The van der Waals surface area contributed by atoms with Gasteiger partial charge in [-0.1, -0.05) is 6.92 Å². The Bertz CT molecular complexity index is 438. The minimum absolute atomic E-state index is 0.155. The zero-order valence-corrected chi connectivity index (χ0v) is 13.2. The fraction of sp³-hybridized carbons (Fsp3) is 0.643. The Morgan fingerprint density at radius 2 is 2.21 bits per heavy atom. The predicted molar refractivity (Wildman–Crippen MR) is 80.3 cm³/mol. The van der Waals surface area contributed by atoms with Crippen LogP contribution in [0, 0.1) is 0 Å². The van der Waals surface area contributed by atoms with Crippen LogP contribution in [0.3, 0.4) is 0 Å². The van der Waals surface area contributed by atoms with Crippen LogP contribution < -0.4 is 5.32 Å². The predicted octanol–water partition coefficient (Wildman–Crippen LogP) is 2.39. The summed E-state index contributed by atoms with van der Waals surface area (Å²) in [7, 11) is 1.92. The van der Waals surface area contributed by atoms with Crippen LogP contribution in [0.4, 0.5) is 0 Å². The van der Waals surface area contributed by atoms with Crippen LogP contribution in [0.2, 0.25) is 0 Å². The lowest BCUT2D eigenvalue weighted by Crippen LogP contribution is -2.46. The van der Waals surface area contributed by atoms with Crippen molar-refractivity contribution in [1.82, 2.24) is 14.8 Å². The van der Waals surface area contributed by atoms with Gasteiger partial charge >= 0.3 is 0 Å². The monoisotopic (exact) mass is 327 g/mol. The van der Waals surface area contributed by atoms with Gasteiger partial charge in [-0.15, -0.1) is 0 Å². The highest BCUT2D eigenvalue weighted by atomic mass is 79.9. The summed E-state index contributed by atoms with van der Waals surface area (Å²) in [5, 5.41) is 3.36. The van der Waals surface area contributed by atoms with Gasteiger partial charge in [0.2, 0.25) is 0 Å². The zero-order chi connectivity index (χ0) is 13.8. The highest BCUT2D eigenvalue weighted by molar-refractivity contribution is 9.10. The molecule has 0 saturated carbocycles. The molecular weight excluding hydrogens is 306 g/mol. The molecule has 0 unspecified atom stereocenters. The summed E-state index contributed by atoms with van der Waals surface area (Å²) >= 11 is 3.43. The third-order valence-corrected chi connectivity index (χ3v) is 4.10. The molecule has 106 valence electrons. The summed E-state index contributed by atoms with van der Waals surface area (Å²) in [6.07, 6.45) is 5.04. The molecule has 0 spiro atoms. The van der Waals surface area contributed by atoms with E-state index in [0.717, 1.165) is 49.1 Å². The Labute approximate surface area is 123 Å². The average molecular weight is 328 g/mol. The lowest BCUT2D eigenvalue weighted by Gasteiger charge is -2.34. The Kier molecular flexibility index (Phi) is 5.05. The fourth-order valence-electron chi connectivity index (χ4n) is 2.69. The first-order valence-corrected chi connectivity index (χ1v) is 7.76. The molecule has 0 aliphatic carbocycles. The summed E-state index contributed by atoms with van der Waals surface area (Å²) in [5.74, 6) is 0.155. The fourth-order valence-corrected chi connectivity index (χ4v) is 3.22. The minimum atomic E-state index is 0.155.